The fourth-order valence-corrected chi connectivity index (χ4v) is 4.84. The molecule has 2 aromatic rings. The van der Waals surface area contributed by atoms with Crippen molar-refractivity contribution in [3.8, 4) is 0 Å². The SMILES string of the molecule is COCCN1C(=S)N[C@H](c2ccccn2)[C@H]1c1cccn1C1CCCCC1. The van der Waals surface area contributed by atoms with Crippen molar-refractivity contribution in [2.75, 3.05) is 20.3 Å². The first-order valence-corrected chi connectivity index (χ1v) is 10.3. The molecule has 2 aliphatic rings. The van der Waals surface area contributed by atoms with Crippen molar-refractivity contribution in [3.05, 3.63) is 54.1 Å². The summed E-state index contributed by atoms with van der Waals surface area (Å²) in [5.74, 6) is 0. The Morgan fingerprint density at radius 1 is 1.19 bits per heavy atom. The van der Waals surface area contributed by atoms with E-state index in [0.29, 0.717) is 12.6 Å². The second kappa shape index (κ2) is 8.40. The van der Waals surface area contributed by atoms with Crippen LogP contribution >= 0.6 is 12.2 Å². The standard InChI is InChI=1S/C21H28N4OS/c1-26-15-14-25-20(19(23-21(25)27)17-10-5-6-12-22-17)18-11-7-13-24(18)16-8-3-2-4-9-16/h5-7,10-13,16,19-20H,2-4,8-9,14-15H2,1H3,(H,23,27)/t19-,20-/m1/s1. The van der Waals surface area contributed by atoms with Gasteiger partial charge < -0.3 is 19.5 Å². The van der Waals surface area contributed by atoms with Gasteiger partial charge in [0.15, 0.2) is 5.11 Å². The normalized spacial score (nSPS) is 23.6. The van der Waals surface area contributed by atoms with Gasteiger partial charge in [-0.15, -0.1) is 0 Å². The lowest BCUT2D eigenvalue weighted by atomic mass is 9.94. The summed E-state index contributed by atoms with van der Waals surface area (Å²) in [6.45, 7) is 1.42. The van der Waals surface area contributed by atoms with Crippen LogP contribution in [0.4, 0.5) is 0 Å². The number of hydrogen-bond donors (Lipinski definition) is 1. The van der Waals surface area contributed by atoms with Gasteiger partial charge in [0.2, 0.25) is 0 Å². The Hall–Kier alpha value is -1.92. The van der Waals surface area contributed by atoms with E-state index in [4.69, 9.17) is 17.0 Å². The first kappa shape index (κ1) is 18.4. The van der Waals surface area contributed by atoms with Gasteiger partial charge in [0.05, 0.1) is 24.4 Å². The van der Waals surface area contributed by atoms with Gasteiger partial charge in [0.1, 0.15) is 0 Å². The highest BCUT2D eigenvalue weighted by Gasteiger charge is 2.41. The highest BCUT2D eigenvalue weighted by molar-refractivity contribution is 7.80. The molecule has 0 amide bonds. The lowest BCUT2D eigenvalue weighted by Crippen LogP contribution is -2.33. The maximum atomic E-state index is 5.70. The molecule has 0 spiro atoms. The molecule has 3 heterocycles. The van der Waals surface area contributed by atoms with E-state index in [1.165, 1.54) is 37.8 Å². The number of nitrogens with zero attached hydrogens (tertiary/aromatic N) is 3. The maximum absolute atomic E-state index is 5.70. The number of hydrogen-bond acceptors (Lipinski definition) is 3. The fourth-order valence-electron chi connectivity index (χ4n) is 4.51. The van der Waals surface area contributed by atoms with Gasteiger partial charge in [-0.3, -0.25) is 4.98 Å². The molecule has 4 rings (SSSR count). The van der Waals surface area contributed by atoms with Crippen LogP contribution in [0.5, 0.6) is 0 Å². The number of methoxy groups -OCH3 is 1. The highest BCUT2D eigenvalue weighted by Crippen LogP contribution is 2.41. The Morgan fingerprint density at radius 3 is 2.78 bits per heavy atom. The molecule has 1 saturated carbocycles. The average Bonchev–Trinajstić information content (AvgIpc) is 3.32. The third-order valence-corrected chi connectivity index (χ3v) is 6.17. The van der Waals surface area contributed by atoms with Crippen LogP contribution in [0.3, 0.4) is 0 Å². The molecule has 1 aliphatic carbocycles. The summed E-state index contributed by atoms with van der Waals surface area (Å²) < 4.78 is 7.85. The number of ether oxygens (including phenoxy) is 1. The molecule has 0 bridgehead atoms. The molecule has 1 saturated heterocycles. The van der Waals surface area contributed by atoms with Crippen LogP contribution in [0.1, 0.15) is 61.6 Å². The zero-order valence-corrected chi connectivity index (χ0v) is 16.7. The number of rotatable bonds is 6. The summed E-state index contributed by atoms with van der Waals surface area (Å²) in [6.07, 6.45) is 10.6. The van der Waals surface area contributed by atoms with Crippen LogP contribution in [-0.2, 0) is 4.74 Å². The van der Waals surface area contributed by atoms with Gasteiger partial charge in [-0.1, -0.05) is 25.3 Å². The summed E-state index contributed by atoms with van der Waals surface area (Å²) in [4.78, 5) is 6.89. The van der Waals surface area contributed by atoms with Crippen molar-refractivity contribution in [1.82, 2.24) is 19.8 Å². The van der Waals surface area contributed by atoms with Crippen LogP contribution in [-0.4, -0.2) is 39.8 Å². The smallest absolute Gasteiger partial charge is 0.170 e. The van der Waals surface area contributed by atoms with E-state index in [-0.39, 0.29) is 12.1 Å². The first-order chi connectivity index (χ1) is 13.3. The van der Waals surface area contributed by atoms with E-state index < -0.39 is 0 Å². The van der Waals surface area contributed by atoms with Crippen LogP contribution in [0.2, 0.25) is 0 Å². The van der Waals surface area contributed by atoms with Gasteiger partial charge >= 0.3 is 0 Å². The van der Waals surface area contributed by atoms with E-state index in [0.717, 1.165) is 17.4 Å². The third kappa shape index (κ3) is 3.73. The van der Waals surface area contributed by atoms with E-state index >= 15 is 0 Å². The van der Waals surface area contributed by atoms with Crippen molar-refractivity contribution in [3.63, 3.8) is 0 Å². The number of aromatic nitrogens is 2. The maximum Gasteiger partial charge on any atom is 0.170 e. The minimum Gasteiger partial charge on any atom is -0.383 e. The molecule has 0 unspecified atom stereocenters. The van der Waals surface area contributed by atoms with Gasteiger partial charge in [-0.25, -0.2) is 0 Å². The second-order valence-electron chi connectivity index (χ2n) is 7.44. The Bertz CT molecular complexity index is 757. The number of nitrogens with one attached hydrogen (secondary N) is 1. The second-order valence-corrected chi connectivity index (χ2v) is 7.83. The summed E-state index contributed by atoms with van der Waals surface area (Å²) in [5, 5.41) is 4.31. The number of pyridine rings is 1. The van der Waals surface area contributed by atoms with Crippen molar-refractivity contribution < 1.29 is 4.74 Å². The monoisotopic (exact) mass is 384 g/mol. The van der Waals surface area contributed by atoms with Crippen LogP contribution < -0.4 is 5.32 Å². The topological polar surface area (TPSA) is 42.3 Å². The van der Waals surface area contributed by atoms with Crippen molar-refractivity contribution in [2.24, 2.45) is 0 Å². The predicted octanol–water partition coefficient (Wildman–Crippen LogP) is 4.01. The summed E-state index contributed by atoms with van der Waals surface area (Å²) >= 11 is 5.70. The molecule has 1 aliphatic heterocycles. The Morgan fingerprint density at radius 2 is 2.04 bits per heavy atom. The molecule has 2 atom stereocenters. The Balaban J connectivity index is 1.71. The fraction of sp³-hybridized carbons (Fsp3) is 0.524. The van der Waals surface area contributed by atoms with Crippen molar-refractivity contribution in [2.45, 2.75) is 50.2 Å². The van der Waals surface area contributed by atoms with Gasteiger partial charge in [0, 0.05) is 37.8 Å². The quantitative estimate of drug-likeness (QED) is 0.763. The molecule has 0 aromatic carbocycles. The lowest BCUT2D eigenvalue weighted by Gasteiger charge is -2.32. The first-order valence-electron chi connectivity index (χ1n) is 9.93. The molecule has 5 nitrogen and oxygen atoms in total. The largest absolute Gasteiger partial charge is 0.383 e. The minimum absolute atomic E-state index is 0.0489. The minimum atomic E-state index is 0.0489. The zero-order valence-electron chi connectivity index (χ0n) is 15.9. The Kier molecular flexibility index (Phi) is 5.74. The third-order valence-electron chi connectivity index (χ3n) is 5.82. The zero-order chi connectivity index (χ0) is 18.6. The molecule has 1 N–H and O–H groups in total. The van der Waals surface area contributed by atoms with E-state index in [2.05, 4.69) is 44.2 Å². The van der Waals surface area contributed by atoms with Crippen LogP contribution in [0.25, 0.3) is 0 Å². The molecule has 2 aromatic heterocycles. The van der Waals surface area contributed by atoms with E-state index in [1.54, 1.807) is 7.11 Å². The van der Waals surface area contributed by atoms with Gasteiger partial charge in [-0.2, -0.15) is 0 Å². The average molecular weight is 385 g/mol. The molecular formula is C21H28N4OS. The Labute approximate surface area is 166 Å². The van der Waals surface area contributed by atoms with Crippen LogP contribution in [0, 0.1) is 0 Å². The van der Waals surface area contributed by atoms with Crippen molar-refractivity contribution in [1.29, 1.82) is 0 Å². The highest BCUT2D eigenvalue weighted by atomic mass is 32.1. The van der Waals surface area contributed by atoms with Gasteiger partial charge in [-0.05, 0) is 49.3 Å². The van der Waals surface area contributed by atoms with Crippen molar-refractivity contribution >= 4 is 17.3 Å². The molecule has 144 valence electrons. The number of thiocarbonyl (C=S) groups is 1. The summed E-state index contributed by atoms with van der Waals surface area (Å²) in [7, 11) is 1.74. The molecule has 27 heavy (non-hydrogen) atoms. The summed E-state index contributed by atoms with van der Waals surface area (Å²) in [5.41, 5.74) is 2.35. The molecule has 0 radical (unpaired) electrons. The lowest BCUT2D eigenvalue weighted by molar-refractivity contribution is 0.161. The molecule has 2 fully saturated rings. The van der Waals surface area contributed by atoms with Gasteiger partial charge in [0.25, 0.3) is 0 Å². The molecule has 6 heteroatoms. The van der Waals surface area contributed by atoms with Crippen LogP contribution in [0.15, 0.2) is 42.7 Å². The summed E-state index contributed by atoms with van der Waals surface area (Å²) in [6, 6.07) is 11.3. The van der Waals surface area contributed by atoms with E-state index in [9.17, 15) is 0 Å². The van der Waals surface area contributed by atoms with E-state index in [1.807, 2.05) is 18.3 Å². The predicted molar refractivity (Wildman–Crippen MR) is 111 cm³/mol. The molecular weight excluding hydrogens is 356 g/mol.